The largest absolute Gasteiger partial charge is 0.204 e. The molecule has 0 aliphatic heterocycles. The van der Waals surface area contributed by atoms with E-state index in [0.717, 1.165) is 12.1 Å². The Bertz CT molecular complexity index is 582. The summed E-state index contributed by atoms with van der Waals surface area (Å²) in [6.07, 6.45) is 0. The molecule has 0 heterocycles. The lowest BCUT2D eigenvalue weighted by molar-refractivity contribution is 0.449. The van der Waals surface area contributed by atoms with Crippen LogP contribution in [-0.4, -0.2) is 0 Å². The molecule has 0 unspecified atom stereocenters. The molecule has 5 heteroatoms. The summed E-state index contributed by atoms with van der Waals surface area (Å²) in [6.45, 7) is 0. The minimum absolute atomic E-state index is 0.0672. The standard InChI is InChI=1S/C12H5Cl2F3/c13-8-3-1-6(5-9(8)14)7-2-4-10(15)12(17)11(7)16/h1-5H. The predicted molar refractivity (Wildman–Crippen MR) is 61.8 cm³/mol. The van der Waals surface area contributed by atoms with Crippen molar-refractivity contribution in [2.24, 2.45) is 0 Å². The van der Waals surface area contributed by atoms with E-state index in [0.29, 0.717) is 10.6 Å². The van der Waals surface area contributed by atoms with Crippen molar-refractivity contribution in [1.29, 1.82) is 0 Å². The second kappa shape index (κ2) is 4.59. The van der Waals surface area contributed by atoms with Crippen LogP contribution in [0.1, 0.15) is 0 Å². The first-order valence-corrected chi connectivity index (χ1v) is 5.35. The highest BCUT2D eigenvalue weighted by Gasteiger charge is 2.15. The SMILES string of the molecule is Fc1ccc(-c2ccc(Cl)c(Cl)c2)c(F)c1F. The zero-order valence-electron chi connectivity index (χ0n) is 8.28. The summed E-state index contributed by atoms with van der Waals surface area (Å²) in [6, 6.07) is 6.33. The first kappa shape index (κ1) is 12.3. The van der Waals surface area contributed by atoms with Gasteiger partial charge in [-0.1, -0.05) is 29.3 Å². The lowest BCUT2D eigenvalue weighted by Crippen LogP contribution is -1.93. The summed E-state index contributed by atoms with van der Waals surface area (Å²) in [5, 5.41) is 0.520. The van der Waals surface area contributed by atoms with Crippen LogP contribution in [0.15, 0.2) is 30.3 Å². The smallest absolute Gasteiger partial charge is 0.195 e. The third kappa shape index (κ3) is 2.26. The summed E-state index contributed by atoms with van der Waals surface area (Å²) in [4.78, 5) is 0. The summed E-state index contributed by atoms with van der Waals surface area (Å²) < 4.78 is 39.3. The van der Waals surface area contributed by atoms with E-state index in [-0.39, 0.29) is 10.6 Å². The van der Waals surface area contributed by atoms with Crippen LogP contribution in [0.4, 0.5) is 13.2 Å². The van der Waals surface area contributed by atoms with Crippen LogP contribution in [0.5, 0.6) is 0 Å². The fourth-order valence-corrected chi connectivity index (χ4v) is 1.71. The van der Waals surface area contributed by atoms with Gasteiger partial charge in [-0.3, -0.25) is 0 Å². The molecule has 0 bridgehead atoms. The molecule has 0 aliphatic rings. The highest BCUT2D eigenvalue weighted by molar-refractivity contribution is 6.42. The molecule has 2 aromatic carbocycles. The van der Waals surface area contributed by atoms with Crippen molar-refractivity contribution in [2.45, 2.75) is 0 Å². The Kier molecular flexibility index (Phi) is 3.31. The van der Waals surface area contributed by atoms with Crippen LogP contribution >= 0.6 is 23.2 Å². The molecule has 0 atom stereocenters. The highest BCUT2D eigenvalue weighted by Crippen LogP contribution is 2.31. The molecule has 0 aromatic heterocycles. The molecule has 17 heavy (non-hydrogen) atoms. The zero-order chi connectivity index (χ0) is 12.6. The van der Waals surface area contributed by atoms with Crippen LogP contribution in [-0.2, 0) is 0 Å². The van der Waals surface area contributed by atoms with Crippen molar-refractivity contribution >= 4 is 23.2 Å². The van der Waals surface area contributed by atoms with Crippen LogP contribution in [0.25, 0.3) is 11.1 Å². The fourth-order valence-electron chi connectivity index (χ4n) is 1.41. The monoisotopic (exact) mass is 276 g/mol. The van der Waals surface area contributed by atoms with Crippen molar-refractivity contribution in [1.82, 2.24) is 0 Å². The number of benzene rings is 2. The summed E-state index contributed by atoms with van der Waals surface area (Å²) in [5.41, 5.74) is 0.262. The quantitative estimate of drug-likeness (QED) is 0.638. The van der Waals surface area contributed by atoms with E-state index in [2.05, 4.69) is 0 Å². The number of hydrogen-bond donors (Lipinski definition) is 0. The van der Waals surface area contributed by atoms with E-state index in [4.69, 9.17) is 23.2 Å². The molecule has 0 saturated heterocycles. The third-order valence-electron chi connectivity index (χ3n) is 2.27. The zero-order valence-corrected chi connectivity index (χ0v) is 9.79. The number of hydrogen-bond acceptors (Lipinski definition) is 0. The second-order valence-corrected chi connectivity index (χ2v) is 4.17. The van der Waals surface area contributed by atoms with Gasteiger partial charge in [0.1, 0.15) is 0 Å². The van der Waals surface area contributed by atoms with Crippen LogP contribution in [0.2, 0.25) is 10.0 Å². The average molecular weight is 277 g/mol. The molecule has 0 N–H and O–H groups in total. The van der Waals surface area contributed by atoms with Crippen LogP contribution in [0, 0.1) is 17.5 Å². The van der Waals surface area contributed by atoms with Crippen molar-refractivity contribution < 1.29 is 13.2 Å². The number of rotatable bonds is 1. The first-order chi connectivity index (χ1) is 8.00. The number of halogens is 5. The molecular weight excluding hydrogens is 272 g/mol. The molecule has 0 nitrogen and oxygen atoms in total. The molecular formula is C12H5Cl2F3. The molecule has 0 spiro atoms. The lowest BCUT2D eigenvalue weighted by Gasteiger charge is -2.06. The predicted octanol–water partition coefficient (Wildman–Crippen LogP) is 5.08. The van der Waals surface area contributed by atoms with E-state index in [1.165, 1.54) is 18.2 Å². The second-order valence-electron chi connectivity index (χ2n) is 3.35. The third-order valence-corrected chi connectivity index (χ3v) is 3.00. The molecule has 0 fully saturated rings. The maximum atomic E-state index is 13.5. The maximum Gasteiger partial charge on any atom is 0.195 e. The van der Waals surface area contributed by atoms with Crippen LogP contribution in [0.3, 0.4) is 0 Å². The minimum Gasteiger partial charge on any atom is -0.204 e. The van der Waals surface area contributed by atoms with Gasteiger partial charge in [0.25, 0.3) is 0 Å². The Morgan fingerprint density at radius 2 is 1.47 bits per heavy atom. The van der Waals surface area contributed by atoms with Gasteiger partial charge in [-0.05, 0) is 29.8 Å². The lowest BCUT2D eigenvalue weighted by atomic mass is 10.0. The van der Waals surface area contributed by atoms with E-state index in [9.17, 15) is 13.2 Å². The Hall–Kier alpha value is -1.19. The van der Waals surface area contributed by atoms with E-state index < -0.39 is 17.5 Å². The summed E-state index contributed by atoms with van der Waals surface area (Å²) in [5.74, 6) is -3.98. The Morgan fingerprint density at radius 1 is 0.765 bits per heavy atom. The Morgan fingerprint density at radius 3 is 2.12 bits per heavy atom. The molecule has 0 aliphatic carbocycles. The van der Waals surface area contributed by atoms with Gasteiger partial charge < -0.3 is 0 Å². The Balaban J connectivity index is 2.61. The van der Waals surface area contributed by atoms with Gasteiger partial charge in [-0.15, -0.1) is 0 Å². The molecule has 88 valence electrons. The first-order valence-electron chi connectivity index (χ1n) is 4.59. The van der Waals surface area contributed by atoms with Gasteiger partial charge in [0, 0.05) is 5.56 Å². The molecule has 2 rings (SSSR count). The molecule has 0 saturated carbocycles. The van der Waals surface area contributed by atoms with Crippen molar-refractivity contribution in [3.05, 3.63) is 57.8 Å². The normalized spacial score (nSPS) is 10.6. The van der Waals surface area contributed by atoms with Crippen molar-refractivity contribution in [3.8, 4) is 11.1 Å². The minimum atomic E-state index is -1.51. The summed E-state index contributed by atoms with van der Waals surface area (Å²) >= 11 is 11.5. The topological polar surface area (TPSA) is 0 Å². The Labute approximate surface area is 106 Å². The highest BCUT2D eigenvalue weighted by atomic mass is 35.5. The van der Waals surface area contributed by atoms with Gasteiger partial charge in [0.05, 0.1) is 10.0 Å². The van der Waals surface area contributed by atoms with Gasteiger partial charge in [0.2, 0.25) is 0 Å². The van der Waals surface area contributed by atoms with Crippen molar-refractivity contribution in [2.75, 3.05) is 0 Å². The van der Waals surface area contributed by atoms with Crippen molar-refractivity contribution in [3.63, 3.8) is 0 Å². The molecule has 2 aromatic rings. The van der Waals surface area contributed by atoms with E-state index in [1.54, 1.807) is 0 Å². The van der Waals surface area contributed by atoms with Gasteiger partial charge in [-0.25, -0.2) is 13.2 Å². The van der Waals surface area contributed by atoms with E-state index >= 15 is 0 Å². The average Bonchev–Trinajstić information content (AvgIpc) is 2.30. The van der Waals surface area contributed by atoms with Crippen LogP contribution < -0.4 is 0 Å². The van der Waals surface area contributed by atoms with Gasteiger partial charge in [-0.2, -0.15) is 0 Å². The fraction of sp³-hybridized carbons (Fsp3) is 0. The van der Waals surface area contributed by atoms with Gasteiger partial charge in [0.15, 0.2) is 17.5 Å². The van der Waals surface area contributed by atoms with Gasteiger partial charge >= 0.3 is 0 Å². The molecule has 0 amide bonds. The van der Waals surface area contributed by atoms with E-state index in [1.807, 2.05) is 0 Å². The maximum absolute atomic E-state index is 13.5. The summed E-state index contributed by atoms with van der Waals surface area (Å²) in [7, 11) is 0. The molecule has 0 radical (unpaired) electrons.